The van der Waals surface area contributed by atoms with Gasteiger partial charge in [-0.2, -0.15) is 5.10 Å². The summed E-state index contributed by atoms with van der Waals surface area (Å²) >= 11 is 0. The Labute approximate surface area is 150 Å². The van der Waals surface area contributed by atoms with Crippen LogP contribution < -0.4 is 10.6 Å². The molecule has 1 heterocycles. The molecule has 0 spiro atoms. The average Bonchev–Trinajstić information content (AvgIpc) is 2.86. The van der Waals surface area contributed by atoms with E-state index in [1.165, 1.54) is 16.7 Å². The van der Waals surface area contributed by atoms with Gasteiger partial charge >= 0.3 is 0 Å². The van der Waals surface area contributed by atoms with Crippen molar-refractivity contribution in [2.24, 2.45) is 0 Å². The molecule has 0 aliphatic heterocycles. The third-order valence-electron chi connectivity index (χ3n) is 4.51. The minimum absolute atomic E-state index is 0.0456. The summed E-state index contributed by atoms with van der Waals surface area (Å²) in [6, 6.07) is 8.32. The molecule has 0 saturated carbocycles. The van der Waals surface area contributed by atoms with Crippen molar-refractivity contribution in [1.82, 2.24) is 20.4 Å². The van der Waals surface area contributed by atoms with Crippen molar-refractivity contribution in [2.45, 2.75) is 60.2 Å². The van der Waals surface area contributed by atoms with Gasteiger partial charge in [0.1, 0.15) is 0 Å². The predicted molar refractivity (Wildman–Crippen MR) is 102 cm³/mol. The van der Waals surface area contributed by atoms with Crippen molar-refractivity contribution in [2.75, 3.05) is 6.54 Å². The number of benzene rings is 1. The number of rotatable bonds is 8. The molecule has 1 atom stereocenters. The van der Waals surface area contributed by atoms with Crippen LogP contribution in [-0.2, 0) is 17.9 Å². The Morgan fingerprint density at radius 2 is 1.88 bits per heavy atom. The second kappa shape index (κ2) is 8.81. The molecule has 0 aliphatic rings. The van der Waals surface area contributed by atoms with Crippen LogP contribution in [0, 0.1) is 20.8 Å². The van der Waals surface area contributed by atoms with Gasteiger partial charge in [0.15, 0.2) is 0 Å². The zero-order valence-corrected chi connectivity index (χ0v) is 16.0. The lowest BCUT2D eigenvalue weighted by Gasteiger charge is -2.14. The zero-order chi connectivity index (χ0) is 18.4. The van der Waals surface area contributed by atoms with E-state index in [9.17, 15) is 4.79 Å². The van der Waals surface area contributed by atoms with E-state index in [0.29, 0.717) is 6.54 Å². The van der Waals surface area contributed by atoms with Crippen molar-refractivity contribution in [3.05, 3.63) is 52.3 Å². The van der Waals surface area contributed by atoms with Gasteiger partial charge in [-0.3, -0.25) is 9.48 Å². The number of amides is 1. The number of carbonyl (C=O) groups is 1. The molecule has 25 heavy (non-hydrogen) atoms. The van der Waals surface area contributed by atoms with Crippen LogP contribution in [0.25, 0.3) is 0 Å². The number of hydrogen-bond donors (Lipinski definition) is 2. The van der Waals surface area contributed by atoms with Crippen molar-refractivity contribution in [3.63, 3.8) is 0 Å². The molecule has 0 radical (unpaired) electrons. The lowest BCUT2D eigenvalue weighted by atomic mass is 10.1. The van der Waals surface area contributed by atoms with Crippen LogP contribution >= 0.6 is 0 Å². The molecule has 136 valence electrons. The first-order valence-corrected chi connectivity index (χ1v) is 9.01. The van der Waals surface area contributed by atoms with Crippen LogP contribution in [0.4, 0.5) is 0 Å². The molecule has 5 heteroatoms. The third-order valence-corrected chi connectivity index (χ3v) is 4.51. The fraction of sp³-hybridized carbons (Fsp3) is 0.500. The maximum Gasteiger partial charge on any atom is 0.236 e. The summed E-state index contributed by atoms with van der Waals surface area (Å²) in [7, 11) is 0. The first kappa shape index (κ1) is 19.2. The largest absolute Gasteiger partial charge is 0.355 e. The molecule has 1 aromatic carbocycles. The van der Waals surface area contributed by atoms with E-state index < -0.39 is 0 Å². The summed E-state index contributed by atoms with van der Waals surface area (Å²) in [4.78, 5) is 12.0. The number of aryl methyl sites for hydroxylation is 2. The highest BCUT2D eigenvalue weighted by Gasteiger charge is 2.15. The van der Waals surface area contributed by atoms with Crippen LogP contribution in [0.15, 0.2) is 24.3 Å². The van der Waals surface area contributed by atoms with Crippen molar-refractivity contribution >= 4 is 5.91 Å². The molecule has 0 unspecified atom stereocenters. The molecule has 5 nitrogen and oxygen atoms in total. The molecular weight excluding hydrogens is 312 g/mol. The van der Waals surface area contributed by atoms with E-state index in [0.717, 1.165) is 30.9 Å². The van der Waals surface area contributed by atoms with Crippen LogP contribution in [0.1, 0.15) is 48.3 Å². The second-order valence-electron chi connectivity index (χ2n) is 6.69. The quantitative estimate of drug-likeness (QED) is 0.775. The van der Waals surface area contributed by atoms with E-state index in [2.05, 4.69) is 53.8 Å². The molecule has 2 aromatic rings. The minimum Gasteiger partial charge on any atom is -0.355 e. The van der Waals surface area contributed by atoms with Gasteiger partial charge in [0.05, 0.1) is 18.3 Å². The number of hydrogen-bond acceptors (Lipinski definition) is 3. The van der Waals surface area contributed by atoms with E-state index >= 15 is 0 Å². The number of carbonyl (C=O) groups excluding carboxylic acids is 1. The number of aromatic nitrogens is 2. The molecule has 0 saturated heterocycles. The third kappa shape index (κ3) is 5.16. The predicted octanol–water partition coefficient (Wildman–Crippen LogP) is 2.86. The Morgan fingerprint density at radius 3 is 2.52 bits per heavy atom. The number of nitrogens with zero attached hydrogens (tertiary/aromatic N) is 2. The first-order valence-electron chi connectivity index (χ1n) is 9.01. The normalized spacial score (nSPS) is 12.2. The summed E-state index contributed by atoms with van der Waals surface area (Å²) < 4.78 is 2.04. The highest BCUT2D eigenvalue weighted by atomic mass is 16.2. The summed E-state index contributed by atoms with van der Waals surface area (Å²) in [5.74, 6) is 0.0456. The molecule has 0 bridgehead atoms. The van der Waals surface area contributed by atoms with E-state index in [1.54, 1.807) is 0 Å². The van der Waals surface area contributed by atoms with Crippen LogP contribution in [0.2, 0.25) is 0 Å². The topological polar surface area (TPSA) is 59.0 Å². The molecule has 1 amide bonds. The summed E-state index contributed by atoms with van der Waals surface area (Å²) in [5, 5.41) is 10.9. The van der Waals surface area contributed by atoms with Gasteiger partial charge in [-0.05, 0) is 39.7 Å². The Kier molecular flexibility index (Phi) is 6.76. The Hall–Kier alpha value is -2.14. The van der Waals surface area contributed by atoms with E-state index in [1.807, 2.05) is 25.5 Å². The minimum atomic E-state index is -0.217. The number of nitrogens with one attached hydrogen (secondary N) is 2. The fourth-order valence-electron chi connectivity index (χ4n) is 2.76. The van der Waals surface area contributed by atoms with Gasteiger partial charge in [0.25, 0.3) is 0 Å². The zero-order valence-electron chi connectivity index (χ0n) is 16.0. The van der Waals surface area contributed by atoms with Gasteiger partial charge < -0.3 is 10.6 Å². The lowest BCUT2D eigenvalue weighted by Crippen LogP contribution is -2.42. The van der Waals surface area contributed by atoms with Crippen LogP contribution in [0.5, 0.6) is 0 Å². The van der Waals surface area contributed by atoms with E-state index in [4.69, 9.17) is 0 Å². The first-order chi connectivity index (χ1) is 11.9. The summed E-state index contributed by atoms with van der Waals surface area (Å²) in [6.45, 7) is 12.3. The fourth-order valence-corrected chi connectivity index (χ4v) is 2.76. The second-order valence-corrected chi connectivity index (χ2v) is 6.69. The van der Waals surface area contributed by atoms with Gasteiger partial charge in [-0.15, -0.1) is 0 Å². The van der Waals surface area contributed by atoms with Gasteiger partial charge in [0, 0.05) is 24.3 Å². The highest BCUT2D eigenvalue weighted by Crippen LogP contribution is 2.15. The van der Waals surface area contributed by atoms with Gasteiger partial charge in [0.2, 0.25) is 5.91 Å². The van der Waals surface area contributed by atoms with Crippen molar-refractivity contribution in [1.29, 1.82) is 0 Å². The highest BCUT2D eigenvalue weighted by molar-refractivity contribution is 5.81. The SMILES string of the molecule is CCCNC(=O)[C@H](C)NCc1c(C)nn(Cc2ccc(C)cc2)c1C. The standard InChI is InChI=1S/C20H30N4O/c1-6-11-21-20(25)16(4)22-12-19-15(3)23-24(17(19)5)13-18-9-7-14(2)8-10-18/h7-10,16,22H,6,11-13H2,1-5H3,(H,21,25)/t16-/m0/s1. The van der Waals surface area contributed by atoms with Crippen LogP contribution in [0.3, 0.4) is 0 Å². The Balaban J connectivity index is 2.01. The molecular formula is C20H30N4O. The summed E-state index contributed by atoms with van der Waals surface area (Å²) in [5.41, 5.74) is 5.83. The molecule has 0 aliphatic carbocycles. The maximum absolute atomic E-state index is 12.0. The lowest BCUT2D eigenvalue weighted by molar-refractivity contribution is -0.122. The molecule has 2 N–H and O–H groups in total. The van der Waals surface area contributed by atoms with Crippen molar-refractivity contribution in [3.8, 4) is 0 Å². The molecule has 1 aromatic heterocycles. The maximum atomic E-state index is 12.0. The van der Waals surface area contributed by atoms with Gasteiger partial charge in [-0.1, -0.05) is 36.8 Å². The van der Waals surface area contributed by atoms with E-state index in [-0.39, 0.29) is 11.9 Å². The summed E-state index contributed by atoms with van der Waals surface area (Å²) in [6.07, 6.45) is 0.947. The monoisotopic (exact) mass is 342 g/mol. The van der Waals surface area contributed by atoms with Crippen molar-refractivity contribution < 1.29 is 4.79 Å². The smallest absolute Gasteiger partial charge is 0.236 e. The Morgan fingerprint density at radius 1 is 1.20 bits per heavy atom. The average molecular weight is 342 g/mol. The van der Waals surface area contributed by atoms with Gasteiger partial charge in [-0.25, -0.2) is 0 Å². The molecule has 0 fully saturated rings. The molecule has 2 rings (SSSR count). The van der Waals surface area contributed by atoms with Crippen LogP contribution in [-0.4, -0.2) is 28.3 Å². The Bertz CT molecular complexity index is 703.